The molecule has 0 radical (unpaired) electrons. The first kappa shape index (κ1) is 14.7. The lowest BCUT2D eigenvalue weighted by molar-refractivity contribution is -0.115. The number of aromatic nitrogens is 1. The normalized spacial score (nSPS) is 11.3. The number of rotatable bonds is 4. The number of amides is 1. The molecule has 0 aliphatic rings. The van der Waals surface area contributed by atoms with Crippen LogP contribution in [0, 0.1) is 6.92 Å². The molecule has 0 spiro atoms. The molecule has 1 N–H and O–H groups in total. The minimum absolute atomic E-state index is 0.174. The van der Waals surface area contributed by atoms with Gasteiger partial charge in [0.25, 0.3) is 0 Å². The van der Waals surface area contributed by atoms with Crippen LogP contribution in [0.4, 0.5) is 5.69 Å². The van der Waals surface area contributed by atoms with Gasteiger partial charge in [0.2, 0.25) is 5.91 Å². The lowest BCUT2D eigenvalue weighted by atomic mass is 10.3. The second kappa shape index (κ2) is 5.72. The van der Waals surface area contributed by atoms with E-state index in [1.54, 1.807) is 12.1 Å². The largest absolute Gasteiger partial charge is 0.326 e. The van der Waals surface area contributed by atoms with Crippen LogP contribution in [-0.2, 0) is 21.1 Å². The molecule has 2 rings (SSSR count). The van der Waals surface area contributed by atoms with Crippen LogP contribution in [0.15, 0.2) is 34.5 Å². The minimum Gasteiger partial charge on any atom is -0.326 e. The molecule has 1 aromatic carbocycles. The maximum absolute atomic E-state index is 11.9. The van der Waals surface area contributed by atoms with Crippen LogP contribution in [0.2, 0.25) is 0 Å². The van der Waals surface area contributed by atoms with Crippen LogP contribution < -0.4 is 5.32 Å². The number of benzene rings is 1. The number of nitrogens with zero attached hydrogens (tertiary/aromatic N) is 1. The van der Waals surface area contributed by atoms with Gasteiger partial charge in [0.05, 0.1) is 22.0 Å². The molecule has 0 fully saturated rings. The Morgan fingerprint density at radius 2 is 2.15 bits per heavy atom. The van der Waals surface area contributed by atoms with Crippen LogP contribution in [-0.4, -0.2) is 25.6 Å². The summed E-state index contributed by atoms with van der Waals surface area (Å²) >= 11 is 1.49. The van der Waals surface area contributed by atoms with Gasteiger partial charge in [-0.05, 0) is 25.1 Å². The molecule has 0 saturated heterocycles. The predicted molar refractivity (Wildman–Crippen MR) is 78.7 cm³/mol. The van der Waals surface area contributed by atoms with Gasteiger partial charge in [0.15, 0.2) is 9.84 Å². The monoisotopic (exact) mass is 310 g/mol. The molecule has 0 aliphatic heterocycles. The fraction of sp³-hybridized carbons (Fsp3) is 0.231. The van der Waals surface area contributed by atoms with E-state index >= 15 is 0 Å². The third kappa shape index (κ3) is 3.88. The van der Waals surface area contributed by atoms with Crippen LogP contribution in [0.1, 0.15) is 10.7 Å². The number of thiazole rings is 1. The zero-order valence-corrected chi connectivity index (χ0v) is 12.7. The van der Waals surface area contributed by atoms with E-state index in [0.29, 0.717) is 11.4 Å². The average Bonchev–Trinajstić information content (AvgIpc) is 2.73. The van der Waals surface area contributed by atoms with Crippen LogP contribution in [0.5, 0.6) is 0 Å². The number of hydrogen-bond donors (Lipinski definition) is 1. The summed E-state index contributed by atoms with van der Waals surface area (Å²) in [5.74, 6) is -0.221. The lowest BCUT2D eigenvalue weighted by Crippen LogP contribution is -2.15. The molecule has 7 heteroatoms. The molecule has 20 heavy (non-hydrogen) atoms. The second-order valence-corrected chi connectivity index (χ2v) is 7.46. The van der Waals surface area contributed by atoms with Gasteiger partial charge < -0.3 is 5.32 Å². The fourth-order valence-electron chi connectivity index (χ4n) is 1.66. The second-order valence-electron chi connectivity index (χ2n) is 4.38. The van der Waals surface area contributed by atoms with E-state index in [0.717, 1.165) is 11.3 Å². The Hall–Kier alpha value is -1.73. The fourth-order valence-corrected chi connectivity index (χ4v) is 2.94. The highest BCUT2D eigenvalue weighted by atomic mass is 32.2. The molecule has 1 aromatic heterocycles. The van der Waals surface area contributed by atoms with Gasteiger partial charge in [-0.25, -0.2) is 13.4 Å². The van der Waals surface area contributed by atoms with Crippen LogP contribution >= 0.6 is 11.3 Å². The molecule has 1 amide bonds. The first-order valence-electron chi connectivity index (χ1n) is 5.85. The van der Waals surface area contributed by atoms with Crippen molar-refractivity contribution in [3.8, 4) is 0 Å². The Bertz CT molecular complexity index is 736. The standard InChI is InChI=1S/C13H14N2O3S2/c1-9-14-11(8-19-9)7-13(16)15-10-4-3-5-12(6-10)20(2,17)18/h3-6,8H,7H2,1-2H3,(H,15,16). The number of carbonyl (C=O) groups is 1. The molecule has 0 unspecified atom stereocenters. The van der Waals surface area contributed by atoms with Gasteiger partial charge in [0, 0.05) is 17.3 Å². The van der Waals surface area contributed by atoms with E-state index in [2.05, 4.69) is 10.3 Å². The van der Waals surface area contributed by atoms with Gasteiger partial charge in [-0.1, -0.05) is 6.07 Å². The summed E-state index contributed by atoms with van der Waals surface area (Å²) in [6.45, 7) is 1.88. The van der Waals surface area contributed by atoms with E-state index in [9.17, 15) is 13.2 Å². The number of anilines is 1. The highest BCUT2D eigenvalue weighted by molar-refractivity contribution is 7.90. The third-order valence-corrected chi connectivity index (χ3v) is 4.49. The number of aryl methyl sites for hydroxylation is 1. The van der Waals surface area contributed by atoms with E-state index in [4.69, 9.17) is 0 Å². The Balaban J connectivity index is 2.08. The molecular formula is C13H14N2O3S2. The van der Waals surface area contributed by atoms with Crippen molar-refractivity contribution < 1.29 is 13.2 Å². The van der Waals surface area contributed by atoms with Gasteiger partial charge in [-0.15, -0.1) is 11.3 Å². The van der Waals surface area contributed by atoms with Crippen LogP contribution in [0.25, 0.3) is 0 Å². The number of carbonyl (C=O) groups excluding carboxylic acids is 1. The van der Waals surface area contributed by atoms with E-state index in [-0.39, 0.29) is 17.2 Å². The first-order valence-corrected chi connectivity index (χ1v) is 8.63. The summed E-state index contributed by atoms with van der Waals surface area (Å²) in [5.41, 5.74) is 1.18. The smallest absolute Gasteiger partial charge is 0.230 e. The van der Waals surface area contributed by atoms with E-state index < -0.39 is 9.84 Å². The molecule has 106 valence electrons. The van der Waals surface area contributed by atoms with Crippen molar-refractivity contribution in [3.63, 3.8) is 0 Å². The summed E-state index contributed by atoms with van der Waals surface area (Å²) in [6, 6.07) is 6.19. The van der Waals surface area contributed by atoms with Crippen molar-refractivity contribution in [2.24, 2.45) is 0 Å². The molecule has 0 saturated carbocycles. The van der Waals surface area contributed by atoms with Crippen molar-refractivity contribution in [2.75, 3.05) is 11.6 Å². The van der Waals surface area contributed by atoms with E-state index in [1.807, 2.05) is 12.3 Å². The summed E-state index contributed by atoms with van der Waals surface area (Å²) in [6.07, 6.45) is 1.30. The number of hydrogen-bond acceptors (Lipinski definition) is 5. The predicted octanol–water partition coefficient (Wildman–Crippen LogP) is 2.04. The summed E-state index contributed by atoms with van der Waals surface area (Å²) in [7, 11) is -3.28. The molecule has 2 aromatic rings. The van der Waals surface area contributed by atoms with Gasteiger partial charge in [-0.3, -0.25) is 4.79 Å². The molecule has 0 bridgehead atoms. The van der Waals surface area contributed by atoms with Crippen molar-refractivity contribution in [1.82, 2.24) is 4.98 Å². The van der Waals surface area contributed by atoms with Crippen molar-refractivity contribution in [3.05, 3.63) is 40.3 Å². The van der Waals surface area contributed by atoms with Gasteiger partial charge in [-0.2, -0.15) is 0 Å². The Morgan fingerprint density at radius 1 is 1.40 bits per heavy atom. The lowest BCUT2D eigenvalue weighted by Gasteiger charge is -2.05. The molecule has 1 heterocycles. The molecule has 0 atom stereocenters. The van der Waals surface area contributed by atoms with Crippen molar-refractivity contribution in [1.29, 1.82) is 0 Å². The maximum Gasteiger partial charge on any atom is 0.230 e. The number of nitrogens with one attached hydrogen (secondary N) is 1. The highest BCUT2D eigenvalue weighted by Crippen LogP contribution is 2.16. The van der Waals surface area contributed by atoms with Crippen molar-refractivity contribution in [2.45, 2.75) is 18.2 Å². The molecule has 5 nitrogen and oxygen atoms in total. The van der Waals surface area contributed by atoms with Crippen molar-refractivity contribution >= 4 is 32.8 Å². The SMILES string of the molecule is Cc1nc(CC(=O)Nc2cccc(S(C)(=O)=O)c2)cs1. The third-order valence-electron chi connectivity index (χ3n) is 2.55. The van der Waals surface area contributed by atoms with Gasteiger partial charge in [0.1, 0.15) is 0 Å². The average molecular weight is 310 g/mol. The summed E-state index contributed by atoms with van der Waals surface area (Å²) < 4.78 is 22.9. The highest BCUT2D eigenvalue weighted by Gasteiger charge is 2.10. The summed E-state index contributed by atoms with van der Waals surface area (Å²) in [5, 5.41) is 5.42. The molecular weight excluding hydrogens is 296 g/mol. The quantitative estimate of drug-likeness (QED) is 0.937. The van der Waals surface area contributed by atoms with Gasteiger partial charge >= 0.3 is 0 Å². The Morgan fingerprint density at radius 3 is 2.75 bits per heavy atom. The maximum atomic E-state index is 11.9. The molecule has 0 aliphatic carbocycles. The first-order chi connectivity index (χ1) is 9.34. The number of sulfone groups is 1. The van der Waals surface area contributed by atoms with Crippen LogP contribution in [0.3, 0.4) is 0 Å². The Kier molecular flexibility index (Phi) is 4.20. The topological polar surface area (TPSA) is 76.1 Å². The minimum atomic E-state index is -3.28. The summed E-state index contributed by atoms with van der Waals surface area (Å²) in [4.78, 5) is 16.2. The zero-order chi connectivity index (χ0) is 14.8. The zero-order valence-electron chi connectivity index (χ0n) is 11.1. The Labute approximate surface area is 121 Å². The van der Waals surface area contributed by atoms with E-state index in [1.165, 1.54) is 23.5 Å².